The molecule has 34 heavy (non-hydrogen) atoms. The summed E-state index contributed by atoms with van der Waals surface area (Å²) in [6.07, 6.45) is 2.09. The largest absolute Gasteiger partial charge is 0.497 e. The van der Waals surface area contributed by atoms with Gasteiger partial charge in [-0.2, -0.15) is 0 Å². The summed E-state index contributed by atoms with van der Waals surface area (Å²) in [6.45, 7) is 0. The van der Waals surface area contributed by atoms with Crippen molar-refractivity contribution in [3.63, 3.8) is 0 Å². The quantitative estimate of drug-likeness (QED) is 0.351. The third-order valence-electron chi connectivity index (χ3n) is 5.26. The van der Waals surface area contributed by atoms with E-state index in [1.54, 1.807) is 37.6 Å². The van der Waals surface area contributed by atoms with E-state index in [1.807, 2.05) is 48.5 Å². The molecule has 0 fully saturated rings. The fourth-order valence-electron chi connectivity index (χ4n) is 3.46. The summed E-state index contributed by atoms with van der Waals surface area (Å²) in [5.74, 6) is 1.74. The van der Waals surface area contributed by atoms with Gasteiger partial charge >= 0.3 is 5.97 Å². The van der Waals surface area contributed by atoms with Crippen LogP contribution in [0.4, 0.5) is 0 Å². The first-order valence-corrected chi connectivity index (χ1v) is 10.4. The van der Waals surface area contributed by atoms with E-state index in [9.17, 15) is 4.79 Å². The summed E-state index contributed by atoms with van der Waals surface area (Å²) in [6, 6.07) is 21.6. The van der Waals surface area contributed by atoms with Crippen LogP contribution in [0.1, 0.15) is 21.8 Å². The molecule has 0 saturated heterocycles. The normalized spacial score (nSPS) is 10.9. The summed E-state index contributed by atoms with van der Waals surface area (Å²) in [5, 5.41) is 17.3. The van der Waals surface area contributed by atoms with Crippen molar-refractivity contribution in [3.8, 4) is 40.0 Å². The number of hydrogen-bond acceptors (Lipinski definition) is 7. The van der Waals surface area contributed by atoms with Crippen LogP contribution in [0.3, 0.4) is 0 Å². The Morgan fingerprint density at radius 3 is 2.32 bits per heavy atom. The van der Waals surface area contributed by atoms with Gasteiger partial charge in [-0.25, -0.2) is 9.78 Å². The van der Waals surface area contributed by atoms with E-state index in [0.29, 0.717) is 29.9 Å². The lowest BCUT2D eigenvalue weighted by Gasteiger charge is -2.01. The van der Waals surface area contributed by atoms with E-state index in [1.165, 1.54) is 0 Å². The zero-order valence-corrected chi connectivity index (χ0v) is 18.1. The molecule has 0 aliphatic heterocycles. The highest BCUT2D eigenvalue weighted by atomic mass is 16.5. The van der Waals surface area contributed by atoms with Gasteiger partial charge in [0.1, 0.15) is 5.75 Å². The van der Waals surface area contributed by atoms with Crippen LogP contribution in [0.5, 0.6) is 5.75 Å². The van der Waals surface area contributed by atoms with Gasteiger partial charge in [0.15, 0.2) is 5.76 Å². The Balaban J connectivity index is 1.34. The number of aromatic carboxylic acids is 1. The second-order valence-electron chi connectivity index (χ2n) is 7.52. The number of nitrogens with zero attached hydrogens (tertiary/aromatic N) is 3. The first kappa shape index (κ1) is 21.1. The maximum absolute atomic E-state index is 11.0. The third-order valence-corrected chi connectivity index (χ3v) is 5.26. The van der Waals surface area contributed by atoms with Crippen molar-refractivity contribution in [2.75, 3.05) is 7.11 Å². The highest BCUT2D eigenvalue weighted by Gasteiger charge is 2.14. The average molecular weight is 453 g/mol. The van der Waals surface area contributed by atoms with Crippen molar-refractivity contribution in [2.24, 2.45) is 0 Å². The molecule has 5 rings (SSSR count). The van der Waals surface area contributed by atoms with E-state index in [2.05, 4.69) is 15.2 Å². The van der Waals surface area contributed by atoms with E-state index >= 15 is 0 Å². The first-order valence-electron chi connectivity index (χ1n) is 10.4. The lowest BCUT2D eigenvalue weighted by Crippen LogP contribution is -1.96. The lowest BCUT2D eigenvalue weighted by molar-refractivity contribution is 0.0697. The Morgan fingerprint density at radius 1 is 0.882 bits per heavy atom. The van der Waals surface area contributed by atoms with Crippen LogP contribution in [-0.4, -0.2) is 33.4 Å². The molecular formula is C26H19N3O5. The molecular weight excluding hydrogens is 434 g/mol. The topological polar surface area (TPSA) is 111 Å². The van der Waals surface area contributed by atoms with E-state index in [4.69, 9.17) is 18.7 Å². The number of ether oxygens (including phenoxy) is 1. The van der Waals surface area contributed by atoms with Gasteiger partial charge in [-0.1, -0.05) is 18.2 Å². The van der Waals surface area contributed by atoms with E-state index in [-0.39, 0.29) is 5.56 Å². The minimum Gasteiger partial charge on any atom is -0.497 e. The summed E-state index contributed by atoms with van der Waals surface area (Å²) in [5.41, 5.74) is 3.52. The van der Waals surface area contributed by atoms with Gasteiger partial charge in [-0.15, -0.1) is 10.2 Å². The van der Waals surface area contributed by atoms with Gasteiger partial charge in [-0.05, 0) is 60.2 Å². The molecule has 0 aliphatic carbocycles. The highest BCUT2D eigenvalue weighted by molar-refractivity contribution is 5.87. The first-order chi connectivity index (χ1) is 16.6. The van der Waals surface area contributed by atoms with Gasteiger partial charge in [0.25, 0.3) is 0 Å². The molecule has 0 aliphatic rings. The molecule has 0 amide bonds. The maximum atomic E-state index is 11.0. The van der Waals surface area contributed by atoms with Crippen molar-refractivity contribution >= 4 is 5.97 Å². The van der Waals surface area contributed by atoms with Crippen LogP contribution >= 0.6 is 0 Å². The molecule has 8 nitrogen and oxygen atoms in total. The number of hydrogen-bond donors (Lipinski definition) is 1. The van der Waals surface area contributed by atoms with Gasteiger partial charge < -0.3 is 18.7 Å². The van der Waals surface area contributed by atoms with Gasteiger partial charge in [0.2, 0.25) is 17.7 Å². The second kappa shape index (κ2) is 9.03. The molecule has 168 valence electrons. The fourth-order valence-corrected chi connectivity index (χ4v) is 3.46. The molecule has 8 heteroatoms. The molecule has 2 heterocycles. The monoisotopic (exact) mass is 453 g/mol. The van der Waals surface area contributed by atoms with Crippen LogP contribution in [0, 0.1) is 0 Å². The van der Waals surface area contributed by atoms with Crippen LogP contribution < -0.4 is 4.74 Å². The van der Waals surface area contributed by atoms with Gasteiger partial charge in [-0.3, -0.25) is 0 Å². The minimum absolute atomic E-state index is 0.230. The standard InChI is InChI=1S/C26H19N3O5/c1-32-21-11-9-17(10-12-21)22-15-27-24(33-22)19-3-2-4-20(14-19)25-29-28-23(34-25)13-16-5-7-18(8-6-16)26(30)31/h2-12,14-15H,13H2,1H3,(H,30,31). The second-order valence-corrected chi connectivity index (χ2v) is 7.52. The Labute approximate surface area is 194 Å². The zero-order chi connectivity index (χ0) is 23.5. The van der Waals surface area contributed by atoms with E-state index < -0.39 is 5.97 Å². The number of aromatic nitrogens is 3. The Hall–Kier alpha value is -4.72. The average Bonchev–Trinajstić information content (AvgIpc) is 3.55. The summed E-state index contributed by atoms with van der Waals surface area (Å²) in [4.78, 5) is 15.4. The number of carboxylic acid groups (broad SMARTS) is 1. The van der Waals surface area contributed by atoms with Crippen molar-refractivity contribution in [3.05, 3.63) is 96.0 Å². The molecule has 3 aromatic carbocycles. The molecule has 2 aromatic heterocycles. The maximum Gasteiger partial charge on any atom is 0.335 e. The SMILES string of the molecule is COc1ccc(-c2cnc(-c3cccc(-c4nnc(Cc5ccc(C(=O)O)cc5)o4)c3)o2)cc1. The number of carbonyl (C=O) groups is 1. The van der Waals surface area contributed by atoms with Crippen molar-refractivity contribution in [1.29, 1.82) is 0 Å². The van der Waals surface area contributed by atoms with Gasteiger partial charge in [0, 0.05) is 16.7 Å². The smallest absolute Gasteiger partial charge is 0.335 e. The van der Waals surface area contributed by atoms with Crippen molar-refractivity contribution < 1.29 is 23.5 Å². The van der Waals surface area contributed by atoms with Crippen LogP contribution in [0.25, 0.3) is 34.2 Å². The van der Waals surface area contributed by atoms with Crippen LogP contribution in [0.2, 0.25) is 0 Å². The van der Waals surface area contributed by atoms with Crippen molar-refractivity contribution in [2.45, 2.75) is 6.42 Å². The molecule has 0 radical (unpaired) electrons. The highest BCUT2D eigenvalue weighted by Crippen LogP contribution is 2.29. The number of rotatable bonds is 7. The van der Waals surface area contributed by atoms with Crippen LogP contribution in [0.15, 0.2) is 87.8 Å². The fraction of sp³-hybridized carbons (Fsp3) is 0.0769. The Bertz CT molecular complexity index is 1440. The van der Waals surface area contributed by atoms with E-state index in [0.717, 1.165) is 28.0 Å². The third kappa shape index (κ3) is 4.42. The number of carboxylic acids is 1. The molecule has 0 spiro atoms. The Kier molecular flexibility index (Phi) is 5.61. The summed E-state index contributed by atoms with van der Waals surface area (Å²) < 4.78 is 17.0. The minimum atomic E-state index is -0.964. The Morgan fingerprint density at radius 2 is 1.62 bits per heavy atom. The molecule has 1 N–H and O–H groups in total. The van der Waals surface area contributed by atoms with Gasteiger partial charge in [0.05, 0.1) is 25.3 Å². The van der Waals surface area contributed by atoms with Crippen LogP contribution in [-0.2, 0) is 6.42 Å². The number of benzene rings is 3. The molecule has 0 atom stereocenters. The summed E-state index contributed by atoms with van der Waals surface area (Å²) >= 11 is 0. The predicted molar refractivity (Wildman–Crippen MR) is 123 cm³/mol. The van der Waals surface area contributed by atoms with Crippen molar-refractivity contribution in [1.82, 2.24) is 15.2 Å². The summed E-state index contributed by atoms with van der Waals surface area (Å²) in [7, 11) is 1.62. The molecule has 0 unspecified atom stereocenters. The predicted octanol–water partition coefficient (Wildman–Crippen LogP) is 5.36. The number of oxazole rings is 1. The molecule has 5 aromatic rings. The molecule has 0 bridgehead atoms. The number of methoxy groups -OCH3 is 1. The lowest BCUT2D eigenvalue weighted by atomic mass is 10.1. The molecule has 0 saturated carbocycles. The zero-order valence-electron chi connectivity index (χ0n) is 18.1.